The van der Waals surface area contributed by atoms with Gasteiger partial charge in [0.2, 0.25) is 0 Å². The molecule has 8 nitrogen and oxygen atoms in total. The number of aliphatic hydroxyl groups is 2. The molecular formula is C37H42O8. The summed E-state index contributed by atoms with van der Waals surface area (Å²) in [6.45, 7) is 0.926. The second kappa shape index (κ2) is 17.9. The van der Waals surface area contributed by atoms with Gasteiger partial charge in [0.1, 0.15) is 30.5 Å². The maximum Gasteiger partial charge on any atom is 0.187 e. The molecule has 0 amide bonds. The van der Waals surface area contributed by atoms with E-state index in [0.29, 0.717) is 19.8 Å². The van der Waals surface area contributed by atoms with Gasteiger partial charge in [0.25, 0.3) is 0 Å². The van der Waals surface area contributed by atoms with Gasteiger partial charge in [-0.2, -0.15) is 0 Å². The third-order valence-electron chi connectivity index (χ3n) is 7.50. The first-order valence-electron chi connectivity index (χ1n) is 15.3. The number of ether oxygens (including phenoxy) is 6. The van der Waals surface area contributed by atoms with Crippen molar-refractivity contribution < 1.29 is 38.6 Å². The zero-order valence-electron chi connectivity index (χ0n) is 25.3. The van der Waals surface area contributed by atoms with Crippen molar-refractivity contribution in [3.63, 3.8) is 0 Å². The molecule has 0 aromatic heterocycles. The van der Waals surface area contributed by atoms with Crippen LogP contribution >= 0.6 is 0 Å². The Morgan fingerprint density at radius 1 is 0.533 bits per heavy atom. The number of rotatable bonds is 17. The van der Waals surface area contributed by atoms with Gasteiger partial charge in [0, 0.05) is 0 Å². The number of hydrogen-bond donors (Lipinski definition) is 2. The summed E-state index contributed by atoms with van der Waals surface area (Å²) < 4.78 is 38.5. The fourth-order valence-corrected chi connectivity index (χ4v) is 5.14. The molecule has 8 heteroatoms. The monoisotopic (exact) mass is 614 g/mol. The largest absolute Gasteiger partial charge is 0.394 e. The summed E-state index contributed by atoms with van der Waals surface area (Å²) >= 11 is 0. The summed E-state index contributed by atoms with van der Waals surface area (Å²) in [5, 5.41) is 19.6. The maximum absolute atomic E-state index is 10.1. The molecule has 45 heavy (non-hydrogen) atoms. The molecule has 0 saturated carbocycles. The smallest absolute Gasteiger partial charge is 0.187 e. The summed E-state index contributed by atoms with van der Waals surface area (Å²) in [5.74, 6) is 0. The van der Waals surface area contributed by atoms with Crippen molar-refractivity contribution in [2.24, 2.45) is 0 Å². The van der Waals surface area contributed by atoms with Crippen molar-refractivity contribution in [3.8, 4) is 0 Å². The van der Waals surface area contributed by atoms with Crippen LogP contribution in [0.15, 0.2) is 121 Å². The molecular weight excluding hydrogens is 572 g/mol. The van der Waals surface area contributed by atoms with E-state index in [0.717, 1.165) is 22.3 Å². The van der Waals surface area contributed by atoms with Crippen molar-refractivity contribution in [1.82, 2.24) is 0 Å². The zero-order chi connectivity index (χ0) is 31.1. The minimum absolute atomic E-state index is 0.148. The molecule has 1 saturated heterocycles. The van der Waals surface area contributed by atoms with E-state index in [1.165, 1.54) is 0 Å². The fraction of sp³-hybridized carbons (Fsp3) is 0.351. The first-order chi connectivity index (χ1) is 22.2. The van der Waals surface area contributed by atoms with Crippen LogP contribution in [0.25, 0.3) is 0 Å². The highest BCUT2D eigenvalue weighted by molar-refractivity contribution is 5.16. The van der Waals surface area contributed by atoms with Crippen LogP contribution in [0.1, 0.15) is 22.3 Å². The predicted octanol–water partition coefficient (Wildman–Crippen LogP) is 5.05. The van der Waals surface area contributed by atoms with E-state index in [1.54, 1.807) is 0 Å². The average Bonchev–Trinajstić information content (AvgIpc) is 3.10. The molecule has 2 N–H and O–H groups in total. The lowest BCUT2D eigenvalue weighted by atomic mass is 9.97. The lowest BCUT2D eigenvalue weighted by Gasteiger charge is -2.46. The lowest BCUT2D eigenvalue weighted by Crippen LogP contribution is -2.62. The van der Waals surface area contributed by atoms with Crippen LogP contribution in [0.4, 0.5) is 0 Å². The Morgan fingerprint density at radius 3 is 1.42 bits per heavy atom. The SMILES string of the molecule is OC[C@@H](O)CO[C@@H]1O[C@H](COCc2ccccc2)[C@@H](OCc2ccccc2)[C@H](OCc2ccccc2)[C@H]1OCc1ccccc1. The molecule has 0 unspecified atom stereocenters. The third-order valence-corrected chi connectivity index (χ3v) is 7.50. The van der Waals surface area contributed by atoms with E-state index < -0.39 is 43.4 Å². The molecule has 238 valence electrons. The van der Waals surface area contributed by atoms with E-state index in [1.807, 2.05) is 121 Å². The van der Waals surface area contributed by atoms with Gasteiger partial charge in [-0.15, -0.1) is 0 Å². The number of benzene rings is 4. The van der Waals surface area contributed by atoms with Gasteiger partial charge in [-0.1, -0.05) is 121 Å². The van der Waals surface area contributed by atoms with Crippen molar-refractivity contribution in [3.05, 3.63) is 144 Å². The van der Waals surface area contributed by atoms with E-state index in [2.05, 4.69) is 0 Å². The summed E-state index contributed by atoms with van der Waals surface area (Å²) in [6, 6.07) is 39.6. The topological polar surface area (TPSA) is 95.8 Å². The predicted molar refractivity (Wildman–Crippen MR) is 169 cm³/mol. The van der Waals surface area contributed by atoms with Gasteiger partial charge >= 0.3 is 0 Å². The molecule has 4 aromatic carbocycles. The standard InChI is InChI=1S/C37H42O8/c38-21-32(39)26-44-37-36(43-25-31-19-11-4-12-20-31)35(42-24-30-17-9-3-10-18-30)34(41-23-29-15-7-2-8-16-29)33(45-37)27-40-22-28-13-5-1-6-14-28/h1-20,32-39H,21-27H2/t32-,33-,34-,35+,36-,37-/m1/s1. The molecule has 1 heterocycles. The Balaban J connectivity index is 1.43. The molecule has 1 fully saturated rings. The zero-order valence-corrected chi connectivity index (χ0v) is 25.3. The Labute approximate surface area is 265 Å². The molecule has 0 aliphatic carbocycles. The van der Waals surface area contributed by atoms with Crippen molar-refractivity contribution >= 4 is 0 Å². The second-order valence-corrected chi connectivity index (χ2v) is 11.0. The van der Waals surface area contributed by atoms with E-state index in [-0.39, 0.29) is 19.8 Å². The average molecular weight is 615 g/mol. The Bertz CT molecular complexity index is 1340. The Hall–Kier alpha value is -3.44. The fourth-order valence-electron chi connectivity index (χ4n) is 5.14. The van der Waals surface area contributed by atoms with Gasteiger partial charge in [-0.3, -0.25) is 0 Å². The molecule has 0 bridgehead atoms. The highest BCUT2D eigenvalue weighted by Crippen LogP contribution is 2.31. The van der Waals surface area contributed by atoms with E-state index in [9.17, 15) is 10.2 Å². The van der Waals surface area contributed by atoms with Crippen LogP contribution in [-0.4, -0.2) is 66.8 Å². The molecule has 1 aliphatic heterocycles. The third kappa shape index (κ3) is 10.3. The van der Waals surface area contributed by atoms with Gasteiger partial charge < -0.3 is 38.6 Å². The van der Waals surface area contributed by atoms with Gasteiger partial charge in [0.15, 0.2) is 6.29 Å². The van der Waals surface area contributed by atoms with Crippen LogP contribution in [0, 0.1) is 0 Å². The van der Waals surface area contributed by atoms with Gasteiger partial charge in [0.05, 0.1) is 46.2 Å². The Morgan fingerprint density at radius 2 is 0.956 bits per heavy atom. The van der Waals surface area contributed by atoms with Crippen molar-refractivity contribution in [2.75, 3.05) is 19.8 Å². The van der Waals surface area contributed by atoms with Crippen LogP contribution in [0.2, 0.25) is 0 Å². The lowest BCUT2D eigenvalue weighted by molar-refractivity contribution is -0.331. The van der Waals surface area contributed by atoms with Gasteiger partial charge in [-0.25, -0.2) is 0 Å². The molecule has 0 spiro atoms. The molecule has 4 aromatic rings. The maximum atomic E-state index is 10.1. The second-order valence-electron chi connectivity index (χ2n) is 11.0. The minimum Gasteiger partial charge on any atom is -0.394 e. The van der Waals surface area contributed by atoms with Crippen molar-refractivity contribution in [1.29, 1.82) is 0 Å². The molecule has 5 rings (SSSR count). The molecule has 1 aliphatic rings. The summed E-state index contributed by atoms with van der Waals surface area (Å²) in [6.07, 6.45) is -4.55. The number of hydrogen-bond acceptors (Lipinski definition) is 8. The first kappa shape index (κ1) is 32.9. The first-order valence-corrected chi connectivity index (χ1v) is 15.3. The summed E-state index contributed by atoms with van der Waals surface area (Å²) in [7, 11) is 0. The number of aliphatic hydroxyl groups excluding tert-OH is 2. The van der Waals surface area contributed by atoms with Crippen LogP contribution in [0.3, 0.4) is 0 Å². The van der Waals surface area contributed by atoms with Crippen LogP contribution in [0.5, 0.6) is 0 Å². The molecule has 6 atom stereocenters. The minimum atomic E-state index is -1.08. The Kier molecular flexibility index (Phi) is 13.1. The van der Waals surface area contributed by atoms with E-state index in [4.69, 9.17) is 28.4 Å². The highest BCUT2D eigenvalue weighted by Gasteiger charge is 2.49. The highest BCUT2D eigenvalue weighted by atomic mass is 16.7. The summed E-state index contributed by atoms with van der Waals surface area (Å²) in [5.41, 5.74) is 4.02. The summed E-state index contributed by atoms with van der Waals surface area (Å²) in [4.78, 5) is 0. The molecule has 0 radical (unpaired) electrons. The van der Waals surface area contributed by atoms with Crippen LogP contribution in [-0.2, 0) is 54.8 Å². The van der Waals surface area contributed by atoms with E-state index >= 15 is 0 Å². The van der Waals surface area contributed by atoms with Gasteiger partial charge in [-0.05, 0) is 22.3 Å². The van der Waals surface area contributed by atoms with Crippen molar-refractivity contribution in [2.45, 2.75) is 63.2 Å². The quantitative estimate of drug-likeness (QED) is 0.171. The normalized spacial score (nSPS) is 22.2. The van der Waals surface area contributed by atoms with Crippen LogP contribution < -0.4 is 0 Å².